The second kappa shape index (κ2) is 9.04. The first kappa shape index (κ1) is 24.0. The van der Waals surface area contributed by atoms with Crippen molar-refractivity contribution in [3.63, 3.8) is 0 Å². The van der Waals surface area contributed by atoms with Gasteiger partial charge in [-0.05, 0) is 58.4 Å². The zero-order valence-electron chi connectivity index (χ0n) is 15.9. The SMILES string of the molecule is O=S(=O)(C(=CNc1ccc(Br)cn1)S(=O)(=O)c1cccc(C(F)(F)F)c1)c1ccccc1. The predicted molar refractivity (Wildman–Crippen MR) is 116 cm³/mol. The smallest absolute Gasteiger partial charge is 0.345 e. The van der Waals surface area contributed by atoms with Crippen LogP contribution in [0.5, 0.6) is 0 Å². The molecular weight excluding hydrogens is 533 g/mol. The molecule has 0 aliphatic carbocycles. The lowest BCUT2D eigenvalue weighted by molar-refractivity contribution is -0.137. The molecule has 0 atom stereocenters. The van der Waals surface area contributed by atoms with Crippen LogP contribution in [0.1, 0.15) is 5.56 Å². The van der Waals surface area contributed by atoms with Gasteiger partial charge in [0, 0.05) is 16.9 Å². The van der Waals surface area contributed by atoms with E-state index in [1.54, 1.807) is 6.07 Å². The number of sulfone groups is 2. The fraction of sp³-hybridized carbons (Fsp3) is 0.0500. The van der Waals surface area contributed by atoms with Crippen molar-refractivity contribution >= 4 is 41.4 Å². The van der Waals surface area contributed by atoms with E-state index >= 15 is 0 Å². The lowest BCUT2D eigenvalue weighted by atomic mass is 10.2. The van der Waals surface area contributed by atoms with Crippen LogP contribution in [-0.4, -0.2) is 21.8 Å². The van der Waals surface area contributed by atoms with Gasteiger partial charge in [0.2, 0.25) is 19.7 Å². The summed E-state index contributed by atoms with van der Waals surface area (Å²) in [6.07, 6.45) is -2.72. The van der Waals surface area contributed by atoms with Crippen molar-refractivity contribution in [3.8, 4) is 0 Å². The highest BCUT2D eigenvalue weighted by Gasteiger charge is 2.36. The molecule has 12 heteroatoms. The average molecular weight is 547 g/mol. The molecule has 168 valence electrons. The molecule has 1 aromatic heterocycles. The lowest BCUT2D eigenvalue weighted by Gasteiger charge is -2.13. The topological polar surface area (TPSA) is 93.2 Å². The number of nitrogens with zero attached hydrogens (tertiary/aromatic N) is 1. The Hall–Kier alpha value is -2.70. The average Bonchev–Trinajstić information content (AvgIpc) is 2.75. The first-order chi connectivity index (χ1) is 14.9. The third-order valence-corrected chi connectivity index (χ3v) is 8.97. The zero-order valence-corrected chi connectivity index (χ0v) is 19.1. The molecule has 0 amide bonds. The maximum absolute atomic E-state index is 13.2. The maximum atomic E-state index is 13.2. The zero-order chi connectivity index (χ0) is 23.6. The Morgan fingerprint density at radius 1 is 0.875 bits per heavy atom. The van der Waals surface area contributed by atoms with Gasteiger partial charge in [-0.2, -0.15) is 13.2 Å². The summed E-state index contributed by atoms with van der Waals surface area (Å²) in [5.41, 5.74) is -1.22. The maximum Gasteiger partial charge on any atom is 0.416 e. The molecule has 3 rings (SSSR count). The van der Waals surface area contributed by atoms with E-state index in [1.807, 2.05) is 0 Å². The molecular formula is C20H14BrF3N2O4S2. The van der Waals surface area contributed by atoms with Crippen molar-refractivity contribution in [2.45, 2.75) is 16.0 Å². The molecule has 0 aliphatic heterocycles. The molecule has 0 bridgehead atoms. The molecule has 0 saturated heterocycles. The summed E-state index contributed by atoms with van der Waals surface area (Å²) in [6.45, 7) is 0. The monoisotopic (exact) mass is 546 g/mol. The van der Waals surface area contributed by atoms with Gasteiger partial charge in [-0.25, -0.2) is 21.8 Å². The van der Waals surface area contributed by atoms with Gasteiger partial charge in [0.25, 0.3) is 0 Å². The number of aromatic nitrogens is 1. The van der Waals surface area contributed by atoms with E-state index < -0.39 is 40.5 Å². The van der Waals surface area contributed by atoms with E-state index in [-0.39, 0.29) is 10.7 Å². The molecule has 3 aromatic rings. The number of hydrogen-bond donors (Lipinski definition) is 1. The van der Waals surface area contributed by atoms with Crippen molar-refractivity contribution < 1.29 is 30.0 Å². The Labute approximate surface area is 190 Å². The molecule has 2 aromatic carbocycles. The van der Waals surface area contributed by atoms with Crippen LogP contribution in [0, 0.1) is 0 Å². The minimum Gasteiger partial charge on any atom is -0.345 e. The fourth-order valence-corrected chi connectivity index (χ4v) is 6.48. The molecule has 0 fully saturated rings. The highest BCUT2D eigenvalue weighted by molar-refractivity contribution is 9.10. The van der Waals surface area contributed by atoms with Crippen LogP contribution in [-0.2, 0) is 25.9 Å². The van der Waals surface area contributed by atoms with Gasteiger partial charge >= 0.3 is 6.18 Å². The molecule has 6 nitrogen and oxygen atoms in total. The van der Waals surface area contributed by atoms with Gasteiger partial charge in [-0.3, -0.25) is 0 Å². The van der Waals surface area contributed by atoms with Gasteiger partial charge in [0.05, 0.1) is 15.4 Å². The van der Waals surface area contributed by atoms with Crippen LogP contribution in [0.25, 0.3) is 0 Å². The number of halogens is 4. The summed E-state index contributed by atoms with van der Waals surface area (Å²) in [4.78, 5) is 2.81. The molecule has 0 aliphatic rings. The second-order valence-corrected chi connectivity index (χ2v) is 11.3. The third kappa shape index (κ3) is 5.19. The number of rotatable bonds is 6. The molecule has 0 saturated carbocycles. The number of hydrogen-bond acceptors (Lipinski definition) is 6. The Kier molecular flexibility index (Phi) is 6.77. The van der Waals surface area contributed by atoms with Crippen molar-refractivity contribution in [3.05, 3.63) is 93.4 Å². The first-order valence-electron chi connectivity index (χ1n) is 8.73. The van der Waals surface area contributed by atoms with E-state index in [9.17, 15) is 30.0 Å². The fourth-order valence-electron chi connectivity index (χ4n) is 2.57. The molecule has 1 N–H and O–H groups in total. The highest BCUT2D eigenvalue weighted by Crippen LogP contribution is 2.34. The van der Waals surface area contributed by atoms with Gasteiger partial charge < -0.3 is 5.32 Å². The summed E-state index contributed by atoms with van der Waals surface area (Å²) in [5, 5.41) is 2.49. The lowest BCUT2D eigenvalue weighted by Crippen LogP contribution is -2.17. The summed E-state index contributed by atoms with van der Waals surface area (Å²) < 4.78 is 91.6. The van der Waals surface area contributed by atoms with E-state index in [0.29, 0.717) is 22.8 Å². The van der Waals surface area contributed by atoms with E-state index in [4.69, 9.17) is 0 Å². The van der Waals surface area contributed by atoms with Gasteiger partial charge in [0.1, 0.15) is 5.82 Å². The second-order valence-electron chi connectivity index (χ2n) is 6.31. The standard InChI is InChI=1S/C20H14BrF3N2O4S2/c21-15-9-10-18(25-12-15)26-13-19(31(27,28)16-6-2-1-3-7-16)32(29,30)17-8-4-5-14(11-17)20(22,23)24/h1-13H,(H,25,26). The van der Waals surface area contributed by atoms with E-state index in [1.165, 1.54) is 42.6 Å². The minimum atomic E-state index is -4.89. The van der Waals surface area contributed by atoms with E-state index in [0.717, 1.165) is 12.1 Å². The van der Waals surface area contributed by atoms with Crippen LogP contribution < -0.4 is 5.32 Å². The third-order valence-electron chi connectivity index (χ3n) is 4.12. The summed E-state index contributed by atoms with van der Waals surface area (Å²) in [6, 6.07) is 12.6. The molecule has 0 radical (unpaired) electrons. The number of pyridine rings is 1. The summed E-state index contributed by atoms with van der Waals surface area (Å²) in [7, 11) is -9.54. The molecule has 0 spiro atoms. The normalized spacial score (nSPS) is 13.1. The van der Waals surface area contributed by atoms with Gasteiger partial charge in [-0.15, -0.1) is 0 Å². The summed E-state index contributed by atoms with van der Waals surface area (Å²) >= 11 is 3.18. The largest absolute Gasteiger partial charge is 0.416 e. The predicted octanol–water partition coefficient (Wildman–Crippen LogP) is 5.02. The number of alkyl halides is 3. The van der Waals surface area contributed by atoms with Crippen LogP contribution in [0.4, 0.5) is 19.0 Å². The minimum absolute atomic E-state index is 0.119. The van der Waals surface area contributed by atoms with Crippen molar-refractivity contribution in [2.24, 2.45) is 0 Å². The van der Waals surface area contributed by atoms with Crippen LogP contribution in [0.3, 0.4) is 0 Å². The highest BCUT2D eigenvalue weighted by atomic mass is 79.9. The van der Waals surface area contributed by atoms with Gasteiger partial charge in [0.15, 0.2) is 4.24 Å². The number of nitrogens with one attached hydrogen (secondary N) is 1. The Morgan fingerprint density at radius 3 is 2.09 bits per heavy atom. The Morgan fingerprint density at radius 2 is 1.50 bits per heavy atom. The van der Waals surface area contributed by atoms with Crippen LogP contribution >= 0.6 is 15.9 Å². The first-order valence-corrected chi connectivity index (χ1v) is 12.5. The van der Waals surface area contributed by atoms with Crippen molar-refractivity contribution in [1.29, 1.82) is 0 Å². The Bertz CT molecular complexity index is 1360. The number of anilines is 1. The van der Waals surface area contributed by atoms with Crippen molar-refractivity contribution in [1.82, 2.24) is 4.98 Å². The Balaban J connectivity index is 2.18. The van der Waals surface area contributed by atoms with Crippen LogP contribution in [0.15, 0.2) is 97.6 Å². The quantitative estimate of drug-likeness (QED) is 0.466. The number of benzene rings is 2. The van der Waals surface area contributed by atoms with Crippen LogP contribution in [0.2, 0.25) is 0 Å². The molecule has 1 heterocycles. The van der Waals surface area contributed by atoms with E-state index in [2.05, 4.69) is 26.2 Å². The molecule has 0 unspecified atom stereocenters. The van der Waals surface area contributed by atoms with Gasteiger partial charge in [-0.1, -0.05) is 24.3 Å². The summed E-state index contributed by atoms with van der Waals surface area (Å²) in [5.74, 6) is 0.119. The molecule has 32 heavy (non-hydrogen) atoms. The van der Waals surface area contributed by atoms with Crippen molar-refractivity contribution in [2.75, 3.05) is 5.32 Å².